The average Bonchev–Trinajstić information content (AvgIpc) is 2.44. The van der Waals surface area contributed by atoms with Gasteiger partial charge in [0.15, 0.2) is 0 Å². The molecule has 23 heavy (non-hydrogen) atoms. The van der Waals surface area contributed by atoms with Crippen molar-refractivity contribution in [2.75, 3.05) is 5.43 Å². The number of rotatable bonds is 3. The van der Waals surface area contributed by atoms with E-state index in [1.54, 1.807) is 6.07 Å². The number of aromatic hydroxyl groups is 1. The van der Waals surface area contributed by atoms with Gasteiger partial charge in [-0.15, -0.1) is 0 Å². The molecule has 0 spiro atoms. The van der Waals surface area contributed by atoms with Gasteiger partial charge in [0.1, 0.15) is 11.6 Å². The molecule has 9 heteroatoms. The standard InChI is InChI=1S/C14H9Cl3N4O2/c1-6-8(4-18)13(22)20-14(23)9(6)5-19-21-12-10(16)2-7(15)3-11(12)17/h2-3,5,21H,1H3,(H2,20,22,23)/b19-5+. The number of benzene rings is 1. The molecule has 0 saturated carbocycles. The summed E-state index contributed by atoms with van der Waals surface area (Å²) in [6, 6.07) is 4.75. The normalized spacial score (nSPS) is 10.7. The van der Waals surface area contributed by atoms with Gasteiger partial charge in [0.25, 0.3) is 5.56 Å². The highest BCUT2D eigenvalue weighted by atomic mass is 35.5. The van der Waals surface area contributed by atoms with Crippen molar-refractivity contribution < 1.29 is 5.11 Å². The molecule has 0 aliphatic carbocycles. The number of aromatic nitrogens is 1. The maximum absolute atomic E-state index is 11.5. The second kappa shape index (κ2) is 6.92. The summed E-state index contributed by atoms with van der Waals surface area (Å²) in [4.78, 5) is 13.7. The predicted molar refractivity (Wildman–Crippen MR) is 90.9 cm³/mol. The summed E-state index contributed by atoms with van der Waals surface area (Å²) in [6.07, 6.45) is 1.24. The molecule has 0 saturated heterocycles. The van der Waals surface area contributed by atoms with E-state index in [1.165, 1.54) is 25.3 Å². The van der Waals surface area contributed by atoms with Gasteiger partial charge in [0.05, 0.1) is 27.5 Å². The van der Waals surface area contributed by atoms with E-state index in [0.717, 1.165) is 0 Å². The van der Waals surface area contributed by atoms with E-state index in [-0.39, 0.29) is 21.2 Å². The molecular weight excluding hydrogens is 363 g/mol. The van der Waals surface area contributed by atoms with Crippen LogP contribution in [0.5, 0.6) is 5.88 Å². The number of pyridine rings is 1. The largest absolute Gasteiger partial charge is 0.494 e. The Hall–Kier alpha value is -2.20. The van der Waals surface area contributed by atoms with Gasteiger partial charge in [-0.25, -0.2) is 0 Å². The highest BCUT2D eigenvalue weighted by Gasteiger charge is 2.12. The summed E-state index contributed by atoms with van der Waals surface area (Å²) >= 11 is 17.8. The SMILES string of the molecule is Cc1c(/C=N/Nc2c(Cl)cc(Cl)cc2Cl)c(O)[nH]c(=O)c1C#N. The van der Waals surface area contributed by atoms with Crippen molar-refractivity contribution in [1.82, 2.24) is 4.98 Å². The lowest BCUT2D eigenvalue weighted by molar-refractivity contribution is 0.450. The van der Waals surface area contributed by atoms with Crippen LogP contribution in [-0.2, 0) is 0 Å². The molecule has 1 aromatic carbocycles. The van der Waals surface area contributed by atoms with Crippen molar-refractivity contribution in [2.24, 2.45) is 5.10 Å². The van der Waals surface area contributed by atoms with Gasteiger partial charge in [-0.3, -0.25) is 15.2 Å². The summed E-state index contributed by atoms with van der Waals surface area (Å²) in [5, 5.41) is 23.6. The lowest BCUT2D eigenvalue weighted by Gasteiger charge is -2.07. The monoisotopic (exact) mass is 370 g/mol. The third-order valence-corrected chi connectivity index (χ3v) is 3.80. The first-order valence-electron chi connectivity index (χ1n) is 6.14. The van der Waals surface area contributed by atoms with Crippen LogP contribution < -0.4 is 11.0 Å². The van der Waals surface area contributed by atoms with E-state index in [9.17, 15) is 9.90 Å². The molecule has 0 aliphatic rings. The zero-order chi connectivity index (χ0) is 17.1. The summed E-state index contributed by atoms with van der Waals surface area (Å²) in [6.45, 7) is 1.52. The molecular formula is C14H9Cl3N4O2. The fraction of sp³-hybridized carbons (Fsp3) is 0.0714. The number of anilines is 1. The molecule has 1 aromatic heterocycles. The molecule has 3 N–H and O–H groups in total. The van der Waals surface area contributed by atoms with Crippen LogP contribution in [0, 0.1) is 18.3 Å². The van der Waals surface area contributed by atoms with E-state index < -0.39 is 11.4 Å². The topological polar surface area (TPSA) is 101 Å². The lowest BCUT2D eigenvalue weighted by Crippen LogP contribution is -2.14. The van der Waals surface area contributed by atoms with Crippen LogP contribution in [-0.4, -0.2) is 16.3 Å². The van der Waals surface area contributed by atoms with Crippen molar-refractivity contribution in [3.05, 3.63) is 54.2 Å². The van der Waals surface area contributed by atoms with Crippen molar-refractivity contribution in [1.29, 1.82) is 5.26 Å². The number of nitriles is 1. The molecule has 0 radical (unpaired) electrons. The van der Waals surface area contributed by atoms with E-state index in [1.807, 2.05) is 0 Å². The number of nitrogens with zero attached hydrogens (tertiary/aromatic N) is 2. The first-order chi connectivity index (χ1) is 10.8. The Labute approximate surface area is 145 Å². The van der Waals surface area contributed by atoms with Crippen LogP contribution in [0.2, 0.25) is 15.1 Å². The van der Waals surface area contributed by atoms with Crippen LogP contribution in [0.1, 0.15) is 16.7 Å². The third-order valence-electron chi connectivity index (χ3n) is 2.98. The molecule has 2 aromatic rings. The first-order valence-corrected chi connectivity index (χ1v) is 7.28. The molecule has 0 amide bonds. The van der Waals surface area contributed by atoms with Crippen LogP contribution in [0.15, 0.2) is 22.0 Å². The zero-order valence-electron chi connectivity index (χ0n) is 11.6. The number of nitrogens with one attached hydrogen (secondary N) is 2. The van der Waals surface area contributed by atoms with Gasteiger partial charge in [0.2, 0.25) is 5.88 Å². The molecule has 0 atom stereocenters. The van der Waals surface area contributed by atoms with Crippen LogP contribution in [0.4, 0.5) is 5.69 Å². The van der Waals surface area contributed by atoms with Crippen molar-refractivity contribution >= 4 is 46.7 Å². The van der Waals surface area contributed by atoms with Crippen LogP contribution >= 0.6 is 34.8 Å². The summed E-state index contributed by atoms with van der Waals surface area (Å²) < 4.78 is 0. The zero-order valence-corrected chi connectivity index (χ0v) is 13.9. The van der Waals surface area contributed by atoms with Crippen molar-refractivity contribution in [3.8, 4) is 11.9 Å². The quantitative estimate of drug-likeness (QED) is 0.566. The van der Waals surface area contributed by atoms with Gasteiger partial charge < -0.3 is 5.11 Å². The van der Waals surface area contributed by atoms with Gasteiger partial charge in [-0.2, -0.15) is 10.4 Å². The third kappa shape index (κ3) is 3.59. The molecule has 118 valence electrons. The highest BCUT2D eigenvalue weighted by molar-refractivity contribution is 6.41. The number of hydrogen-bond acceptors (Lipinski definition) is 5. The Kier molecular flexibility index (Phi) is 5.16. The number of aromatic amines is 1. The number of H-pyrrole nitrogens is 1. The van der Waals surface area contributed by atoms with E-state index in [4.69, 9.17) is 40.1 Å². The van der Waals surface area contributed by atoms with Gasteiger partial charge in [-0.1, -0.05) is 34.8 Å². The minimum absolute atomic E-state index is 0.105. The number of hydrogen-bond donors (Lipinski definition) is 3. The number of hydrazone groups is 1. The summed E-state index contributed by atoms with van der Waals surface area (Å²) in [5.41, 5.74) is 2.67. The average molecular weight is 372 g/mol. The second-order valence-corrected chi connectivity index (χ2v) is 5.69. The maximum atomic E-state index is 11.5. The molecule has 0 unspecified atom stereocenters. The van der Waals surface area contributed by atoms with Crippen LogP contribution in [0.25, 0.3) is 0 Å². The van der Waals surface area contributed by atoms with Gasteiger partial charge >= 0.3 is 0 Å². The minimum atomic E-state index is -0.670. The van der Waals surface area contributed by atoms with E-state index in [2.05, 4.69) is 15.5 Å². The Balaban J connectivity index is 2.36. The summed E-state index contributed by atoms with van der Waals surface area (Å²) in [5.74, 6) is -0.398. The Morgan fingerprint density at radius 1 is 1.35 bits per heavy atom. The maximum Gasteiger partial charge on any atom is 0.268 e. The van der Waals surface area contributed by atoms with Crippen molar-refractivity contribution in [3.63, 3.8) is 0 Å². The molecule has 1 heterocycles. The second-order valence-electron chi connectivity index (χ2n) is 4.44. The Bertz CT molecular complexity index is 877. The van der Waals surface area contributed by atoms with Crippen LogP contribution in [0.3, 0.4) is 0 Å². The Morgan fingerprint density at radius 2 is 1.96 bits per heavy atom. The smallest absolute Gasteiger partial charge is 0.268 e. The molecule has 2 rings (SSSR count). The molecule has 6 nitrogen and oxygen atoms in total. The fourth-order valence-corrected chi connectivity index (χ4v) is 2.72. The highest BCUT2D eigenvalue weighted by Crippen LogP contribution is 2.33. The fourth-order valence-electron chi connectivity index (χ4n) is 1.82. The Morgan fingerprint density at radius 3 is 2.52 bits per heavy atom. The summed E-state index contributed by atoms with van der Waals surface area (Å²) in [7, 11) is 0. The molecule has 0 aliphatic heterocycles. The molecule has 0 fully saturated rings. The van der Waals surface area contributed by atoms with Gasteiger partial charge in [0, 0.05) is 5.02 Å². The van der Waals surface area contributed by atoms with E-state index >= 15 is 0 Å². The minimum Gasteiger partial charge on any atom is -0.494 e. The van der Waals surface area contributed by atoms with Gasteiger partial charge in [-0.05, 0) is 24.6 Å². The van der Waals surface area contributed by atoms with Crippen molar-refractivity contribution in [2.45, 2.75) is 6.92 Å². The molecule has 0 bridgehead atoms. The lowest BCUT2D eigenvalue weighted by atomic mass is 10.1. The van der Waals surface area contributed by atoms with E-state index in [0.29, 0.717) is 16.3 Å². The number of halogens is 3. The predicted octanol–water partition coefficient (Wildman–Crippen LogP) is 3.67. The first kappa shape index (κ1) is 17.2.